The van der Waals surface area contributed by atoms with E-state index < -0.39 is 18.5 Å². The van der Waals surface area contributed by atoms with Crippen molar-refractivity contribution >= 4 is 0 Å². The lowest BCUT2D eigenvalue weighted by Gasteiger charge is -2.12. The predicted molar refractivity (Wildman–Crippen MR) is 70.1 cm³/mol. The van der Waals surface area contributed by atoms with Gasteiger partial charge in [0.15, 0.2) is 0 Å². The van der Waals surface area contributed by atoms with Gasteiger partial charge in [0.2, 0.25) is 0 Å². The van der Waals surface area contributed by atoms with Gasteiger partial charge in [-0.15, -0.1) is 13.2 Å². The van der Waals surface area contributed by atoms with E-state index in [9.17, 15) is 22.0 Å². The molecular weight excluding hydrogens is 307 g/mol. The maximum atomic E-state index is 13.0. The Morgan fingerprint density at radius 3 is 2.23 bits per heavy atom. The quantitative estimate of drug-likeness (QED) is 0.722. The topological polar surface area (TPSA) is 18.5 Å². The van der Waals surface area contributed by atoms with E-state index in [-0.39, 0.29) is 11.3 Å². The number of alkyl halides is 5. The molecule has 0 spiro atoms. The van der Waals surface area contributed by atoms with Crippen LogP contribution in [0.4, 0.5) is 22.0 Å². The van der Waals surface area contributed by atoms with Gasteiger partial charge in [-0.05, 0) is 35.4 Å². The van der Waals surface area contributed by atoms with Gasteiger partial charge in [-0.2, -0.15) is 0 Å². The molecule has 0 aliphatic rings. The molecule has 2 aromatic rings. The van der Waals surface area contributed by atoms with Crippen LogP contribution in [0.2, 0.25) is 0 Å². The number of ether oxygens (including phenoxy) is 2. The molecule has 0 saturated carbocycles. The number of methoxy groups -OCH3 is 1. The molecule has 118 valence electrons. The van der Waals surface area contributed by atoms with Gasteiger partial charge in [-0.1, -0.05) is 18.2 Å². The highest BCUT2D eigenvalue weighted by molar-refractivity contribution is 5.67. The van der Waals surface area contributed by atoms with Crippen LogP contribution >= 0.6 is 0 Å². The van der Waals surface area contributed by atoms with Crippen LogP contribution < -0.4 is 9.47 Å². The largest absolute Gasteiger partial charge is 0.573 e. The van der Waals surface area contributed by atoms with Crippen molar-refractivity contribution in [3.05, 3.63) is 48.0 Å². The van der Waals surface area contributed by atoms with Crippen molar-refractivity contribution in [2.24, 2.45) is 0 Å². The summed E-state index contributed by atoms with van der Waals surface area (Å²) in [5.41, 5.74) is 0.331. The summed E-state index contributed by atoms with van der Waals surface area (Å²) in [7, 11) is 1.26. The minimum Gasteiger partial charge on any atom is -0.496 e. The predicted octanol–water partition coefficient (Wildman–Crippen LogP) is 5.20. The average Bonchev–Trinajstić information content (AvgIpc) is 2.45. The fourth-order valence-corrected chi connectivity index (χ4v) is 1.96. The molecule has 2 nitrogen and oxygen atoms in total. The van der Waals surface area contributed by atoms with Crippen LogP contribution in [0.1, 0.15) is 12.0 Å². The SMILES string of the molecule is COc1ccc(-c2cccc(OC(F)(F)F)c2)cc1C(F)F. The zero-order valence-electron chi connectivity index (χ0n) is 11.3. The molecule has 0 aromatic heterocycles. The molecule has 0 amide bonds. The Kier molecular flexibility index (Phi) is 4.54. The Balaban J connectivity index is 2.40. The van der Waals surface area contributed by atoms with Gasteiger partial charge in [0.25, 0.3) is 6.43 Å². The summed E-state index contributed by atoms with van der Waals surface area (Å²) < 4.78 is 71.2. The Labute approximate surface area is 123 Å². The minimum atomic E-state index is -4.81. The van der Waals surface area contributed by atoms with Crippen molar-refractivity contribution in [1.82, 2.24) is 0 Å². The summed E-state index contributed by atoms with van der Waals surface area (Å²) in [6, 6.07) is 9.11. The molecule has 0 saturated heterocycles. The van der Waals surface area contributed by atoms with Crippen LogP contribution in [0.15, 0.2) is 42.5 Å². The van der Waals surface area contributed by atoms with Gasteiger partial charge in [0.05, 0.1) is 12.7 Å². The van der Waals surface area contributed by atoms with Gasteiger partial charge >= 0.3 is 6.36 Å². The van der Waals surface area contributed by atoms with Crippen LogP contribution in [0, 0.1) is 0 Å². The van der Waals surface area contributed by atoms with Crippen molar-refractivity contribution in [2.45, 2.75) is 12.8 Å². The summed E-state index contributed by atoms with van der Waals surface area (Å²) in [6.45, 7) is 0. The summed E-state index contributed by atoms with van der Waals surface area (Å²) in [5, 5.41) is 0. The number of benzene rings is 2. The lowest BCUT2D eigenvalue weighted by molar-refractivity contribution is -0.274. The van der Waals surface area contributed by atoms with Crippen molar-refractivity contribution in [3.8, 4) is 22.6 Å². The summed E-state index contributed by atoms with van der Waals surface area (Å²) in [4.78, 5) is 0. The van der Waals surface area contributed by atoms with E-state index in [4.69, 9.17) is 4.74 Å². The molecule has 0 N–H and O–H groups in total. The molecule has 0 radical (unpaired) electrons. The van der Waals surface area contributed by atoms with E-state index in [0.717, 1.165) is 12.1 Å². The molecule has 22 heavy (non-hydrogen) atoms. The van der Waals surface area contributed by atoms with E-state index in [0.29, 0.717) is 11.1 Å². The number of hydrogen-bond donors (Lipinski definition) is 0. The zero-order valence-corrected chi connectivity index (χ0v) is 11.3. The highest BCUT2D eigenvalue weighted by Crippen LogP contribution is 2.34. The maximum absolute atomic E-state index is 13.0. The molecule has 0 heterocycles. The van der Waals surface area contributed by atoms with Gasteiger partial charge in [-0.25, -0.2) is 8.78 Å². The molecule has 0 aliphatic heterocycles. The number of rotatable bonds is 4. The molecule has 0 aliphatic carbocycles. The standard InChI is InChI=1S/C15H11F5O2/c1-21-13-6-5-10(8-12(13)14(16)17)9-3-2-4-11(7-9)22-15(18,19)20/h2-8,14H,1H3. The lowest BCUT2D eigenvalue weighted by Crippen LogP contribution is -2.17. The first kappa shape index (κ1) is 16.1. The van der Waals surface area contributed by atoms with Gasteiger partial charge in [-0.3, -0.25) is 0 Å². The van der Waals surface area contributed by atoms with E-state index >= 15 is 0 Å². The van der Waals surface area contributed by atoms with Gasteiger partial charge in [0, 0.05) is 0 Å². The fraction of sp³-hybridized carbons (Fsp3) is 0.200. The third kappa shape index (κ3) is 3.87. The third-order valence-electron chi connectivity index (χ3n) is 2.87. The average molecular weight is 318 g/mol. The van der Waals surface area contributed by atoms with Crippen LogP contribution in [-0.2, 0) is 0 Å². The Hall–Kier alpha value is -2.31. The fourth-order valence-electron chi connectivity index (χ4n) is 1.96. The lowest BCUT2D eigenvalue weighted by atomic mass is 10.0. The normalized spacial score (nSPS) is 11.6. The molecule has 0 atom stereocenters. The molecule has 0 bridgehead atoms. The first-order valence-electron chi connectivity index (χ1n) is 6.12. The first-order chi connectivity index (χ1) is 10.3. The second-order valence-corrected chi connectivity index (χ2v) is 4.33. The van der Waals surface area contributed by atoms with Gasteiger partial charge < -0.3 is 9.47 Å². The molecule has 7 heteroatoms. The molecule has 0 unspecified atom stereocenters. The number of hydrogen-bond acceptors (Lipinski definition) is 2. The second-order valence-electron chi connectivity index (χ2n) is 4.33. The smallest absolute Gasteiger partial charge is 0.496 e. The molecule has 0 fully saturated rings. The third-order valence-corrected chi connectivity index (χ3v) is 2.87. The van der Waals surface area contributed by atoms with E-state index in [1.54, 1.807) is 0 Å². The van der Waals surface area contributed by atoms with Crippen molar-refractivity contribution in [3.63, 3.8) is 0 Å². The van der Waals surface area contributed by atoms with Crippen LogP contribution in [-0.4, -0.2) is 13.5 Å². The van der Waals surface area contributed by atoms with Crippen LogP contribution in [0.5, 0.6) is 11.5 Å². The maximum Gasteiger partial charge on any atom is 0.573 e. The van der Waals surface area contributed by atoms with Gasteiger partial charge in [0.1, 0.15) is 11.5 Å². The highest BCUT2D eigenvalue weighted by Gasteiger charge is 2.31. The van der Waals surface area contributed by atoms with Crippen LogP contribution in [0.25, 0.3) is 11.1 Å². The molecular formula is C15H11F5O2. The number of halogens is 5. The Morgan fingerprint density at radius 2 is 1.64 bits per heavy atom. The Bertz CT molecular complexity index is 653. The van der Waals surface area contributed by atoms with Crippen LogP contribution in [0.3, 0.4) is 0 Å². The van der Waals surface area contributed by atoms with E-state index in [1.165, 1.54) is 37.4 Å². The first-order valence-corrected chi connectivity index (χ1v) is 6.12. The van der Waals surface area contributed by atoms with Crippen molar-refractivity contribution < 1.29 is 31.4 Å². The van der Waals surface area contributed by atoms with Crippen molar-refractivity contribution in [1.29, 1.82) is 0 Å². The highest BCUT2D eigenvalue weighted by atomic mass is 19.4. The van der Waals surface area contributed by atoms with Crippen molar-refractivity contribution in [2.75, 3.05) is 7.11 Å². The second kappa shape index (κ2) is 6.21. The van der Waals surface area contributed by atoms with E-state index in [2.05, 4.69) is 4.74 Å². The monoisotopic (exact) mass is 318 g/mol. The molecule has 2 aromatic carbocycles. The van der Waals surface area contributed by atoms with E-state index in [1.807, 2.05) is 0 Å². The summed E-state index contributed by atoms with van der Waals surface area (Å²) in [5.74, 6) is -0.402. The summed E-state index contributed by atoms with van der Waals surface area (Å²) in [6.07, 6.45) is -7.57. The summed E-state index contributed by atoms with van der Waals surface area (Å²) >= 11 is 0. The zero-order chi connectivity index (χ0) is 16.3. The Morgan fingerprint density at radius 1 is 0.955 bits per heavy atom. The molecule has 2 rings (SSSR count). The minimum absolute atomic E-state index is 0.0152.